The lowest BCUT2D eigenvalue weighted by Crippen LogP contribution is -2.35. The third kappa shape index (κ3) is 5.06. The van der Waals surface area contributed by atoms with E-state index in [4.69, 9.17) is 9.47 Å². The van der Waals surface area contributed by atoms with Crippen molar-refractivity contribution in [1.29, 1.82) is 0 Å². The summed E-state index contributed by atoms with van der Waals surface area (Å²) in [6, 6.07) is 18.4. The number of hydrazine groups is 1. The second kappa shape index (κ2) is 9.87. The Hall–Kier alpha value is -3.65. The van der Waals surface area contributed by atoms with Gasteiger partial charge in [0.15, 0.2) is 11.5 Å². The molecular weight excluding hydrogens is 491 g/mol. The van der Waals surface area contributed by atoms with Gasteiger partial charge >= 0.3 is 0 Å². The lowest BCUT2D eigenvalue weighted by atomic mass is 10.1. The number of anilines is 1. The Morgan fingerprint density at radius 3 is 2.55 bits per heavy atom. The molecule has 1 heterocycles. The first-order valence-corrected chi connectivity index (χ1v) is 11.0. The summed E-state index contributed by atoms with van der Waals surface area (Å²) in [6.07, 6.45) is 1.50. The number of amides is 2. The van der Waals surface area contributed by atoms with E-state index < -0.39 is 11.8 Å². The van der Waals surface area contributed by atoms with Gasteiger partial charge in [-0.1, -0.05) is 30.3 Å². The molecule has 0 radical (unpaired) electrons. The normalized spacial score (nSPS) is 14.5. The summed E-state index contributed by atoms with van der Waals surface area (Å²) in [7, 11) is 0. The van der Waals surface area contributed by atoms with E-state index in [0.29, 0.717) is 39.4 Å². The van der Waals surface area contributed by atoms with Crippen LogP contribution in [0.4, 0.5) is 10.1 Å². The van der Waals surface area contributed by atoms with E-state index in [1.807, 2.05) is 13.0 Å². The van der Waals surface area contributed by atoms with E-state index in [2.05, 4.69) is 21.4 Å². The first kappa shape index (κ1) is 22.5. The maximum absolute atomic E-state index is 13.5. The highest BCUT2D eigenvalue weighted by Gasteiger charge is 2.34. The molecule has 168 valence electrons. The van der Waals surface area contributed by atoms with Crippen molar-refractivity contribution in [2.24, 2.45) is 0 Å². The standard InChI is InChI=1S/C25H20BrFN2O4/c1-2-32-22-14-17(13-21(26)23(22)33-15-16-7-6-8-18(27)11-16)12-20-24(30)28-29(25(20)31)19-9-4-3-5-10-19/h3-14H,2,15H2,1H3,(H,28,30)/b20-12-. The number of nitrogens with one attached hydrogen (secondary N) is 1. The molecule has 0 aliphatic carbocycles. The summed E-state index contributed by atoms with van der Waals surface area (Å²) in [4.78, 5) is 25.3. The molecule has 0 aromatic heterocycles. The highest BCUT2D eigenvalue weighted by molar-refractivity contribution is 9.10. The SMILES string of the molecule is CCOc1cc(/C=C2/C(=O)NN(c3ccccc3)C2=O)cc(Br)c1OCc1cccc(F)c1. The Balaban J connectivity index is 1.61. The average Bonchev–Trinajstić information content (AvgIpc) is 3.08. The van der Waals surface area contributed by atoms with Crippen LogP contribution in [-0.2, 0) is 16.2 Å². The molecule has 1 saturated heterocycles. The van der Waals surface area contributed by atoms with E-state index in [0.717, 1.165) is 0 Å². The number of hydrogen-bond donors (Lipinski definition) is 1. The fourth-order valence-corrected chi connectivity index (χ4v) is 3.91. The second-order valence-electron chi connectivity index (χ2n) is 7.16. The molecule has 1 aliphatic rings. The minimum absolute atomic E-state index is 0.00151. The van der Waals surface area contributed by atoms with E-state index >= 15 is 0 Å². The van der Waals surface area contributed by atoms with Crippen molar-refractivity contribution in [2.45, 2.75) is 13.5 Å². The van der Waals surface area contributed by atoms with Crippen molar-refractivity contribution < 1.29 is 23.5 Å². The number of ether oxygens (including phenoxy) is 2. The Kier molecular flexibility index (Phi) is 6.74. The molecule has 0 bridgehead atoms. The predicted octanol–water partition coefficient (Wildman–Crippen LogP) is 5.03. The zero-order chi connectivity index (χ0) is 23.4. The van der Waals surface area contributed by atoms with Gasteiger partial charge in [0.25, 0.3) is 11.8 Å². The van der Waals surface area contributed by atoms with Gasteiger partial charge in [-0.3, -0.25) is 15.0 Å². The smallest absolute Gasteiger partial charge is 0.282 e. The van der Waals surface area contributed by atoms with Gasteiger partial charge in [-0.25, -0.2) is 9.40 Å². The molecule has 2 amide bonds. The van der Waals surface area contributed by atoms with Crippen LogP contribution in [-0.4, -0.2) is 18.4 Å². The molecule has 1 N–H and O–H groups in total. The minimum atomic E-state index is -0.496. The molecule has 3 aromatic carbocycles. The first-order valence-electron chi connectivity index (χ1n) is 10.2. The van der Waals surface area contributed by atoms with Crippen molar-refractivity contribution in [3.8, 4) is 11.5 Å². The van der Waals surface area contributed by atoms with E-state index in [1.165, 1.54) is 23.2 Å². The van der Waals surface area contributed by atoms with E-state index in [9.17, 15) is 14.0 Å². The van der Waals surface area contributed by atoms with Gasteiger partial charge in [0, 0.05) is 0 Å². The number of nitrogens with zero attached hydrogens (tertiary/aromatic N) is 1. The molecule has 4 rings (SSSR count). The first-order chi connectivity index (χ1) is 16.0. The van der Waals surface area contributed by atoms with Gasteiger partial charge in [-0.2, -0.15) is 0 Å². The average molecular weight is 511 g/mol. The quantitative estimate of drug-likeness (QED) is 0.357. The molecule has 1 aliphatic heterocycles. The lowest BCUT2D eigenvalue weighted by molar-refractivity contribution is -0.117. The number of para-hydroxylation sites is 1. The van der Waals surface area contributed by atoms with Crippen molar-refractivity contribution in [3.05, 3.63) is 93.7 Å². The molecule has 0 unspecified atom stereocenters. The lowest BCUT2D eigenvalue weighted by Gasteiger charge is -2.15. The summed E-state index contributed by atoms with van der Waals surface area (Å²) < 4.78 is 25.6. The van der Waals surface area contributed by atoms with Crippen LogP contribution >= 0.6 is 15.9 Å². The molecule has 33 heavy (non-hydrogen) atoms. The maximum Gasteiger partial charge on any atom is 0.282 e. The number of hydrogen-bond acceptors (Lipinski definition) is 4. The molecule has 6 nitrogen and oxygen atoms in total. The van der Waals surface area contributed by atoms with Crippen LogP contribution < -0.4 is 19.9 Å². The van der Waals surface area contributed by atoms with Crippen LogP contribution in [0.5, 0.6) is 11.5 Å². The summed E-state index contributed by atoms with van der Waals surface area (Å²) >= 11 is 3.48. The van der Waals surface area contributed by atoms with Crippen LogP contribution in [0, 0.1) is 5.82 Å². The molecule has 3 aromatic rings. The summed E-state index contributed by atoms with van der Waals surface area (Å²) in [6.45, 7) is 2.36. The summed E-state index contributed by atoms with van der Waals surface area (Å²) in [5, 5.41) is 1.21. The van der Waals surface area contributed by atoms with Gasteiger partial charge in [0.1, 0.15) is 18.0 Å². The predicted molar refractivity (Wildman–Crippen MR) is 126 cm³/mol. The zero-order valence-electron chi connectivity index (χ0n) is 17.7. The fraction of sp³-hybridized carbons (Fsp3) is 0.120. The molecular formula is C25H20BrFN2O4. The molecule has 0 atom stereocenters. The van der Waals surface area contributed by atoms with Crippen molar-refractivity contribution in [2.75, 3.05) is 11.6 Å². The number of carbonyl (C=O) groups excluding carboxylic acids is 2. The van der Waals surface area contributed by atoms with E-state index in [1.54, 1.807) is 48.5 Å². The molecule has 0 spiro atoms. The topological polar surface area (TPSA) is 67.9 Å². The van der Waals surface area contributed by atoms with Gasteiger partial charge in [-0.15, -0.1) is 0 Å². The van der Waals surface area contributed by atoms with Crippen molar-refractivity contribution >= 4 is 39.5 Å². The van der Waals surface area contributed by atoms with Gasteiger partial charge in [-0.05, 0) is 76.5 Å². The van der Waals surface area contributed by atoms with Gasteiger partial charge < -0.3 is 9.47 Å². The number of carbonyl (C=O) groups is 2. The van der Waals surface area contributed by atoms with Crippen LogP contribution in [0.25, 0.3) is 6.08 Å². The number of benzene rings is 3. The zero-order valence-corrected chi connectivity index (χ0v) is 19.3. The van der Waals surface area contributed by atoms with Crippen molar-refractivity contribution in [3.63, 3.8) is 0 Å². The number of halogens is 2. The Labute approximate surface area is 198 Å². The van der Waals surface area contributed by atoms with Crippen LogP contribution in [0.3, 0.4) is 0 Å². The molecule has 0 saturated carbocycles. The Bertz CT molecular complexity index is 1230. The Morgan fingerprint density at radius 1 is 1.03 bits per heavy atom. The molecule has 8 heteroatoms. The van der Waals surface area contributed by atoms with Crippen LogP contribution in [0.15, 0.2) is 76.8 Å². The molecule has 1 fully saturated rings. The fourth-order valence-electron chi connectivity index (χ4n) is 3.34. The maximum atomic E-state index is 13.5. The van der Waals surface area contributed by atoms with Crippen LogP contribution in [0.1, 0.15) is 18.1 Å². The van der Waals surface area contributed by atoms with Gasteiger partial charge in [0.2, 0.25) is 0 Å². The summed E-state index contributed by atoms with van der Waals surface area (Å²) in [5.74, 6) is -0.417. The van der Waals surface area contributed by atoms with Crippen LogP contribution in [0.2, 0.25) is 0 Å². The largest absolute Gasteiger partial charge is 0.490 e. The van der Waals surface area contributed by atoms with Gasteiger partial charge in [0.05, 0.1) is 16.8 Å². The third-order valence-corrected chi connectivity index (χ3v) is 5.41. The Morgan fingerprint density at radius 2 is 1.82 bits per heavy atom. The summed E-state index contributed by atoms with van der Waals surface area (Å²) in [5.41, 5.74) is 4.40. The highest BCUT2D eigenvalue weighted by Crippen LogP contribution is 2.38. The minimum Gasteiger partial charge on any atom is -0.490 e. The van der Waals surface area contributed by atoms with Crippen molar-refractivity contribution in [1.82, 2.24) is 5.43 Å². The van der Waals surface area contributed by atoms with E-state index in [-0.39, 0.29) is 18.0 Å². The highest BCUT2D eigenvalue weighted by atomic mass is 79.9. The third-order valence-electron chi connectivity index (χ3n) is 4.82. The second-order valence-corrected chi connectivity index (χ2v) is 8.01. The number of rotatable bonds is 7. The monoisotopic (exact) mass is 510 g/mol.